The van der Waals surface area contributed by atoms with Crippen molar-refractivity contribution in [2.75, 3.05) is 26.2 Å². The Labute approximate surface area is 132 Å². The highest BCUT2D eigenvalue weighted by Crippen LogP contribution is 2.22. The van der Waals surface area contributed by atoms with Crippen molar-refractivity contribution in [3.05, 3.63) is 17.3 Å². The molecule has 22 heavy (non-hydrogen) atoms. The monoisotopic (exact) mass is 305 g/mol. The average Bonchev–Trinajstić information content (AvgIpc) is 2.81. The van der Waals surface area contributed by atoms with E-state index in [0.29, 0.717) is 11.8 Å². The summed E-state index contributed by atoms with van der Waals surface area (Å²) in [7, 11) is 0. The van der Waals surface area contributed by atoms with Gasteiger partial charge in [0.15, 0.2) is 5.89 Å². The second kappa shape index (κ2) is 6.82. The standard InChI is InChI=1S/C17H27N3O2/c1-13-16(18-14(2)22-13)12-19-9-6-15(7-10-19)11-20-8-4-3-5-17(20)21/h15H,3-12H2,1-2H3. The van der Waals surface area contributed by atoms with Crippen molar-refractivity contribution in [2.45, 2.75) is 52.5 Å². The maximum Gasteiger partial charge on any atom is 0.222 e. The summed E-state index contributed by atoms with van der Waals surface area (Å²) in [6, 6.07) is 0. The average molecular weight is 305 g/mol. The third-order valence-electron chi connectivity index (χ3n) is 4.98. The summed E-state index contributed by atoms with van der Waals surface area (Å²) in [5, 5.41) is 0. The SMILES string of the molecule is Cc1nc(CN2CCC(CN3CCCCC3=O)CC2)c(C)o1. The second-order valence-electron chi connectivity index (χ2n) is 6.75. The van der Waals surface area contributed by atoms with E-state index in [1.165, 1.54) is 19.3 Å². The van der Waals surface area contributed by atoms with Crippen LogP contribution >= 0.6 is 0 Å². The van der Waals surface area contributed by atoms with Crippen LogP contribution < -0.4 is 0 Å². The van der Waals surface area contributed by atoms with Gasteiger partial charge in [-0.15, -0.1) is 0 Å². The van der Waals surface area contributed by atoms with Crippen molar-refractivity contribution >= 4 is 5.91 Å². The number of hydrogen-bond acceptors (Lipinski definition) is 4. The van der Waals surface area contributed by atoms with Crippen LogP contribution in [-0.4, -0.2) is 46.9 Å². The minimum absolute atomic E-state index is 0.363. The van der Waals surface area contributed by atoms with E-state index in [1.807, 2.05) is 13.8 Å². The van der Waals surface area contributed by atoms with E-state index in [2.05, 4.69) is 14.8 Å². The molecule has 122 valence electrons. The first-order valence-corrected chi connectivity index (χ1v) is 8.55. The molecule has 5 nitrogen and oxygen atoms in total. The molecule has 1 amide bonds. The Morgan fingerprint density at radius 3 is 2.59 bits per heavy atom. The molecule has 1 aromatic rings. The van der Waals surface area contributed by atoms with Crippen LogP contribution in [0.4, 0.5) is 0 Å². The molecule has 3 rings (SSSR count). The Kier molecular flexibility index (Phi) is 4.81. The Hall–Kier alpha value is -1.36. The van der Waals surface area contributed by atoms with Crippen LogP contribution in [0.2, 0.25) is 0 Å². The Morgan fingerprint density at radius 2 is 1.95 bits per heavy atom. The third-order valence-corrected chi connectivity index (χ3v) is 4.98. The second-order valence-corrected chi connectivity index (χ2v) is 6.75. The van der Waals surface area contributed by atoms with Gasteiger partial charge in [0.2, 0.25) is 5.91 Å². The van der Waals surface area contributed by atoms with Gasteiger partial charge in [0, 0.05) is 33.0 Å². The van der Waals surface area contributed by atoms with Gasteiger partial charge >= 0.3 is 0 Å². The highest BCUT2D eigenvalue weighted by molar-refractivity contribution is 5.76. The fourth-order valence-electron chi connectivity index (χ4n) is 3.62. The van der Waals surface area contributed by atoms with E-state index in [9.17, 15) is 4.79 Å². The lowest BCUT2D eigenvalue weighted by Crippen LogP contribution is -2.42. The van der Waals surface area contributed by atoms with E-state index in [0.717, 1.165) is 62.9 Å². The summed E-state index contributed by atoms with van der Waals surface area (Å²) in [5.41, 5.74) is 1.07. The van der Waals surface area contributed by atoms with Gasteiger partial charge in [-0.2, -0.15) is 0 Å². The third kappa shape index (κ3) is 3.69. The van der Waals surface area contributed by atoms with Crippen LogP contribution in [0, 0.1) is 19.8 Å². The maximum absolute atomic E-state index is 11.9. The Balaban J connectivity index is 1.46. The van der Waals surface area contributed by atoms with Gasteiger partial charge in [0.1, 0.15) is 5.76 Å². The molecule has 2 aliphatic heterocycles. The van der Waals surface area contributed by atoms with Gasteiger partial charge in [-0.25, -0.2) is 4.98 Å². The highest BCUT2D eigenvalue weighted by Gasteiger charge is 2.25. The number of carbonyl (C=O) groups excluding carboxylic acids is 1. The summed E-state index contributed by atoms with van der Waals surface area (Å²) in [5.74, 6) is 2.73. The zero-order chi connectivity index (χ0) is 15.5. The fourth-order valence-corrected chi connectivity index (χ4v) is 3.62. The quantitative estimate of drug-likeness (QED) is 0.857. The molecular formula is C17H27N3O2. The van der Waals surface area contributed by atoms with Gasteiger partial charge in [-0.3, -0.25) is 9.69 Å². The van der Waals surface area contributed by atoms with Crippen molar-refractivity contribution in [2.24, 2.45) is 5.92 Å². The van der Waals surface area contributed by atoms with Crippen LogP contribution in [0.25, 0.3) is 0 Å². The highest BCUT2D eigenvalue weighted by atomic mass is 16.4. The molecule has 5 heteroatoms. The van der Waals surface area contributed by atoms with Crippen LogP contribution in [0.1, 0.15) is 49.4 Å². The smallest absolute Gasteiger partial charge is 0.222 e. The fraction of sp³-hybridized carbons (Fsp3) is 0.765. The number of rotatable bonds is 4. The first kappa shape index (κ1) is 15.5. The Morgan fingerprint density at radius 1 is 1.18 bits per heavy atom. The number of hydrogen-bond donors (Lipinski definition) is 0. The number of aryl methyl sites for hydroxylation is 2. The van der Waals surface area contributed by atoms with Crippen LogP contribution in [0.3, 0.4) is 0 Å². The zero-order valence-corrected chi connectivity index (χ0v) is 13.8. The number of carbonyl (C=O) groups is 1. The largest absolute Gasteiger partial charge is 0.446 e. The molecule has 2 aliphatic rings. The van der Waals surface area contributed by atoms with Crippen molar-refractivity contribution < 1.29 is 9.21 Å². The lowest BCUT2D eigenvalue weighted by atomic mass is 9.95. The molecule has 2 fully saturated rings. The van der Waals surface area contributed by atoms with Crippen molar-refractivity contribution in [1.29, 1.82) is 0 Å². The molecule has 0 saturated carbocycles. The maximum atomic E-state index is 11.9. The number of aromatic nitrogens is 1. The van der Waals surface area contributed by atoms with Crippen LogP contribution in [0.15, 0.2) is 4.42 Å². The summed E-state index contributed by atoms with van der Waals surface area (Å²) in [6.07, 6.45) is 5.36. The number of likely N-dealkylation sites (tertiary alicyclic amines) is 2. The molecule has 1 aromatic heterocycles. The van der Waals surface area contributed by atoms with E-state index in [-0.39, 0.29) is 0 Å². The van der Waals surface area contributed by atoms with E-state index >= 15 is 0 Å². The minimum atomic E-state index is 0.363. The lowest BCUT2D eigenvalue weighted by Gasteiger charge is -2.35. The topological polar surface area (TPSA) is 49.6 Å². The molecule has 0 radical (unpaired) electrons. The first-order valence-electron chi connectivity index (χ1n) is 8.55. The van der Waals surface area contributed by atoms with Gasteiger partial charge < -0.3 is 9.32 Å². The van der Waals surface area contributed by atoms with Crippen LogP contribution in [0.5, 0.6) is 0 Å². The molecule has 0 atom stereocenters. The molecule has 3 heterocycles. The molecular weight excluding hydrogens is 278 g/mol. The number of nitrogens with zero attached hydrogens (tertiary/aromatic N) is 3. The van der Waals surface area contributed by atoms with Gasteiger partial charge in [-0.05, 0) is 51.6 Å². The number of oxazole rings is 1. The Bertz CT molecular complexity index is 518. The van der Waals surface area contributed by atoms with E-state index in [4.69, 9.17) is 4.42 Å². The number of piperidine rings is 2. The molecule has 0 bridgehead atoms. The first-order chi connectivity index (χ1) is 10.6. The summed E-state index contributed by atoms with van der Waals surface area (Å²) >= 11 is 0. The summed E-state index contributed by atoms with van der Waals surface area (Å²) in [4.78, 5) is 20.9. The van der Waals surface area contributed by atoms with Gasteiger partial charge in [-0.1, -0.05) is 0 Å². The normalized spacial score (nSPS) is 21.5. The molecule has 0 N–H and O–H groups in total. The molecule has 0 aromatic carbocycles. The predicted octanol–water partition coefficient (Wildman–Crippen LogP) is 2.52. The molecule has 0 aliphatic carbocycles. The minimum Gasteiger partial charge on any atom is -0.446 e. The number of amides is 1. The summed E-state index contributed by atoms with van der Waals surface area (Å²) in [6.45, 7) is 8.91. The molecule has 0 unspecified atom stereocenters. The van der Waals surface area contributed by atoms with Gasteiger partial charge in [0.05, 0.1) is 5.69 Å². The molecule has 2 saturated heterocycles. The van der Waals surface area contributed by atoms with E-state index < -0.39 is 0 Å². The van der Waals surface area contributed by atoms with Crippen molar-refractivity contribution in [1.82, 2.24) is 14.8 Å². The van der Waals surface area contributed by atoms with E-state index in [1.54, 1.807) is 0 Å². The van der Waals surface area contributed by atoms with Crippen molar-refractivity contribution in [3.8, 4) is 0 Å². The summed E-state index contributed by atoms with van der Waals surface area (Å²) < 4.78 is 5.51. The van der Waals surface area contributed by atoms with Crippen molar-refractivity contribution in [3.63, 3.8) is 0 Å². The van der Waals surface area contributed by atoms with Crippen LogP contribution in [-0.2, 0) is 11.3 Å². The predicted molar refractivity (Wildman–Crippen MR) is 84.4 cm³/mol. The lowest BCUT2D eigenvalue weighted by molar-refractivity contribution is -0.134. The van der Waals surface area contributed by atoms with Gasteiger partial charge in [0.25, 0.3) is 0 Å². The zero-order valence-electron chi connectivity index (χ0n) is 13.8. The molecule has 0 spiro atoms.